The Balaban J connectivity index is 1.96. The summed E-state index contributed by atoms with van der Waals surface area (Å²) in [5, 5.41) is 10.3. The van der Waals surface area contributed by atoms with Gasteiger partial charge in [-0.2, -0.15) is 5.10 Å². The lowest BCUT2D eigenvalue weighted by Crippen LogP contribution is -2.24. The van der Waals surface area contributed by atoms with E-state index >= 15 is 0 Å². The van der Waals surface area contributed by atoms with Crippen LogP contribution in [0.5, 0.6) is 0 Å². The lowest BCUT2D eigenvalue weighted by atomic mass is 10.1. The van der Waals surface area contributed by atoms with E-state index in [2.05, 4.69) is 29.5 Å². The molecule has 2 aromatic rings. The lowest BCUT2D eigenvalue weighted by Gasteiger charge is -2.19. The Hall–Kier alpha value is -1.46. The highest BCUT2D eigenvalue weighted by molar-refractivity contribution is 7.12. The molecule has 98 valence electrons. The molecule has 3 rings (SSSR count). The second kappa shape index (κ2) is 4.90. The Morgan fingerprint density at radius 2 is 2.21 bits per heavy atom. The molecule has 0 saturated heterocycles. The number of thiophene rings is 2. The minimum atomic E-state index is 0.00403. The van der Waals surface area contributed by atoms with Crippen molar-refractivity contribution in [3.05, 3.63) is 44.3 Å². The Morgan fingerprint density at radius 3 is 2.79 bits per heavy atom. The molecule has 0 N–H and O–H groups in total. The molecule has 19 heavy (non-hydrogen) atoms. The maximum atomic E-state index is 11.8. The summed E-state index contributed by atoms with van der Waals surface area (Å²) >= 11 is 3.38. The van der Waals surface area contributed by atoms with Crippen molar-refractivity contribution in [1.29, 1.82) is 0 Å². The number of amides is 1. The molecule has 1 aliphatic heterocycles. The number of aryl methyl sites for hydroxylation is 1. The van der Waals surface area contributed by atoms with Crippen molar-refractivity contribution in [2.75, 3.05) is 0 Å². The molecule has 0 aromatic carbocycles. The van der Waals surface area contributed by atoms with Crippen molar-refractivity contribution in [3.8, 4) is 0 Å². The normalized spacial score (nSPS) is 18.7. The molecule has 0 radical (unpaired) electrons. The molecule has 5 heteroatoms. The van der Waals surface area contributed by atoms with E-state index in [1.54, 1.807) is 34.6 Å². The lowest BCUT2D eigenvalue weighted by molar-refractivity contribution is -0.130. The summed E-state index contributed by atoms with van der Waals surface area (Å²) in [6.07, 6.45) is 0.807. The molecule has 1 aliphatic rings. The Morgan fingerprint density at radius 1 is 1.37 bits per heavy atom. The van der Waals surface area contributed by atoms with E-state index in [1.807, 2.05) is 11.4 Å². The van der Waals surface area contributed by atoms with E-state index in [4.69, 9.17) is 0 Å². The summed E-state index contributed by atoms with van der Waals surface area (Å²) in [6.45, 7) is 3.67. The van der Waals surface area contributed by atoms with Gasteiger partial charge in [0.05, 0.1) is 16.6 Å². The van der Waals surface area contributed by atoms with Crippen molar-refractivity contribution < 1.29 is 4.79 Å². The number of rotatable bonds is 2. The third-order valence-electron chi connectivity index (χ3n) is 3.24. The summed E-state index contributed by atoms with van der Waals surface area (Å²) in [4.78, 5) is 14.2. The van der Waals surface area contributed by atoms with Crippen molar-refractivity contribution in [2.45, 2.75) is 26.3 Å². The van der Waals surface area contributed by atoms with Gasteiger partial charge < -0.3 is 0 Å². The van der Waals surface area contributed by atoms with Crippen LogP contribution in [0.1, 0.15) is 34.7 Å². The maximum absolute atomic E-state index is 11.8. The van der Waals surface area contributed by atoms with Gasteiger partial charge >= 0.3 is 0 Å². The van der Waals surface area contributed by atoms with E-state index < -0.39 is 0 Å². The molecule has 0 fully saturated rings. The number of carbonyl (C=O) groups is 1. The van der Waals surface area contributed by atoms with E-state index in [9.17, 15) is 4.79 Å². The predicted molar refractivity (Wildman–Crippen MR) is 79.8 cm³/mol. The molecule has 1 atom stereocenters. The van der Waals surface area contributed by atoms with Crippen LogP contribution in [-0.4, -0.2) is 16.6 Å². The van der Waals surface area contributed by atoms with Crippen LogP contribution in [0.3, 0.4) is 0 Å². The highest BCUT2D eigenvalue weighted by Gasteiger charge is 2.33. The van der Waals surface area contributed by atoms with Crippen LogP contribution in [0, 0.1) is 6.92 Å². The average Bonchev–Trinajstić information content (AvgIpc) is 3.07. The van der Waals surface area contributed by atoms with Crippen molar-refractivity contribution in [3.63, 3.8) is 0 Å². The Bertz CT molecular complexity index is 628. The van der Waals surface area contributed by atoms with Crippen molar-refractivity contribution >= 4 is 34.3 Å². The first kappa shape index (κ1) is 12.6. The number of hydrogen-bond donors (Lipinski definition) is 0. The number of hydrazone groups is 1. The van der Waals surface area contributed by atoms with Crippen LogP contribution in [0.4, 0.5) is 0 Å². The number of nitrogens with zero attached hydrogens (tertiary/aromatic N) is 2. The van der Waals surface area contributed by atoms with Crippen LogP contribution >= 0.6 is 22.7 Å². The van der Waals surface area contributed by atoms with Crippen molar-refractivity contribution in [1.82, 2.24) is 5.01 Å². The first-order valence-corrected chi connectivity index (χ1v) is 7.88. The molecule has 2 aromatic heterocycles. The molecule has 0 saturated carbocycles. The molecule has 3 heterocycles. The van der Waals surface area contributed by atoms with Crippen LogP contribution in [0.2, 0.25) is 0 Å². The number of carbonyl (C=O) groups excluding carboxylic acids is 1. The molecule has 1 unspecified atom stereocenters. The Kier molecular flexibility index (Phi) is 3.24. The zero-order valence-electron chi connectivity index (χ0n) is 10.8. The quantitative estimate of drug-likeness (QED) is 0.827. The number of hydrogen-bond acceptors (Lipinski definition) is 4. The van der Waals surface area contributed by atoms with Crippen LogP contribution in [0.25, 0.3) is 0 Å². The second-order valence-electron chi connectivity index (χ2n) is 4.58. The predicted octanol–water partition coefficient (Wildman–Crippen LogP) is 3.82. The maximum Gasteiger partial charge on any atom is 0.240 e. The highest BCUT2D eigenvalue weighted by Crippen LogP contribution is 2.37. The molecule has 3 nitrogen and oxygen atoms in total. The Labute approximate surface area is 120 Å². The van der Waals surface area contributed by atoms with E-state index in [1.165, 1.54) is 10.4 Å². The monoisotopic (exact) mass is 290 g/mol. The topological polar surface area (TPSA) is 32.7 Å². The fourth-order valence-electron chi connectivity index (χ4n) is 2.32. The summed E-state index contributed by atoms with van der Waals surface area (Å²) in [5.41, 5.74) is 2.26. The summed E-state index contributed by atoms with van der Waals surface area (Å²) in [7, 11) is 0. The first-order valence-electron chi connectivity index (χ1n) is 6.12. The summed E-state index contributed by atoms with van der Waals surface area (Å²) in [6, 6.07) is 6.24. The van der Waals surface area contributed by atoms with Gasteiger partial charge in [0.2, 0.25) is 5.91 Å². The van der Waals surface area contributed by atoms with E-state index in [-0.39, 0.29) is 11.9 Å². The zero-order chi connectivity index (χ0) is 13.4. The summed E-state index contributed by atoms with van der Waals surface area (Å²) in [5.74, 6) is 0.00403. The highest BCUT2D eigenvalue weighted by atomic mass is 32.1. The molecular formula is C14H14N2OS2. The largest absolute Gasteiger partial charge is 0.273 e. The molecular weight excluding hydrogens is 276 g/mol. The van der Waals surface area contributed by atoms with Gasteiger partial charge in [0.15, 0.2) is 0 Å². The minimum Gasteiger partial charge on any atom is -0.273 e. The van der Waals surface area contributed by atoms with Gasteiger partial charge in [-0.05, 0) is 35.4 Å². The molecule has 0 spiro atoms. The van der Waals surface area contributed by atoms with Gasteiger partial charge in [-0.15, -0.1) is 22.7 Å². The van der Waals surface area contributed by atoms with Gasteiger partial charge in [0, 0.05) is 18.2 Å². The van der Waals surface area contributed by atoms with E-state index in [0.29, 0.717) is 0 Å². The van der Waals surface area contributed by atoms with E-state index in [0.717, 1.165) is 17.0 Å². The van der Waals surface area contributed by atoms with Crippen molar-refractivity contribution in [2.24, 2.45) is 5.10 Å². The van der Waals surface area contributed by atoms with Crippen LogP contribution in [-0.2, 0) is 4.79 Å². The van der Waals surface area contributed by atoms with Crippen LogP contribution < -0.4 is 0 Å². The van der Waals surface area contributed by atoms with Gasteiger partial charge in [-0.25, -0.2) is 5.01 Å². The van der Waals surface area contributed by atoms with Gasteiger partial charge in [-0.1, -0.05) is 6.07 Å². The second-order valence-corrected chi connectivity index (χ2v) is 6.47. The zero-order valence-corrected chi connectivity index (χ0v) is 12.4. The molecule has 0 aliphatic carbocycles. The first-order chi connectivity index (χ1) is 9.16. The third kappa shape index (κ3) is 2.24. The van der Waals surface area contributed by atoms with Gasteiger partial charge in [-0.3, -0.25) is 4.79 Å². The van der Waals surface area contributed by atoms with Gasteiger partial charge in [0.25, 0.3) is 0 Å². The molecule has 0 bridgehead atoms. The fraction of sp³-hybridized carbons (Fsp3) is 0.286. The van der Waals surface area contributed by atoms with Gasteiger partial charge in [0.1, 0.15) is 0 Å². The SMILES string of the molecule is CC(=O)N1N=C(c2cccs2)CC1c1sccc1C. The summed E-state index contributed by atoms with van der Waals surface area (Å²) < 4.78 is 0. The standard InChI is InChI=1S/C14H14N2OS2/c1-9-5-7-19-14(9)12-8-11(13-4-3-6-18-13)15-16(12)10(2)17/h3-7,12H,8H2,1-2H3. The minimum absolute atomic E-state index is 0.00403. The smallest absolute Gasteiger partial charge is 0.240 e. The third-order valence-corrected chi connectivity index (χ3v) is 5.28. The van der Waals surface area contributed by atoms with Crippen LogP contribution in [0.15, 0.2) is 34.1 Å². The average molecular weight is 290 g/mol. The molecule has 1 amide bonds. The fourth-order valence-corrected chi connectivity index (χ4v) is 4.06.